The molecule has 2 saturated heterocycles. The molecule has 3 atom stereocenters. The van der Waals surface area contributed by atoms with Crippen LogP contribution in [-0.4, -0.2) is 78.1 Å². The molecule has 0 aromatic heterocycles. The average Bonchev–Trinajstić information content (AvgIpc) is 2.94. The second-order valence-electron chi connectivity index (χ2n) is 6.39. The lowest BCUT2D eigenvalue weighted by Gasteiger charge is -2.25. The highest BCUT2D eigenvalue weighted by Gasteiger charge is 2.37. The van der Waals surface area contributed by atoms with Crippen molar-refractivity contribution in [3.8, 4) is 0 Å². The number of likely N-dealkylation sites (N-methyl/N-ethyl adjacent to an activating group) is 1. The van der Waals surface area contributed by atoms with Gasteiger partial charge in [-0.1, -0.05) is 6.92 Å². The Labute approximate surface area is 120 Å². The predicted molar refractivity (Wildman–Crippen MR) is 75.5 cm³/mol. The first-order chi connectivity index (χ1) is 9.38. The van der Waals surface area contributed by atoms with Gasteiger partial charge in [-0.3, -0.25) is 4.79 Å². The van der Waals surface area contributed by atoms with Crippen molar-refractivity contribution >= 4 is 12.0 Å². The van der Waals surface area contributed by atoms with E-state index in [1.165, 1.54) is 0 Å². The Hall–Kier alpha value is -1.30. The lowest BCUT2D eigenvalue weighted by molar-refractivity contribution is -0.138. The van der Waals surface area contributed by atoms with Crippen LogP contribution < -0.4 is 0 Å². The summed E-state index contributed by atoms with van der Waals surface area (Å²) in [6.07, 6.45) is 0.971. The fourth-order valence-corrected chi connectivity index (χ4v) is 3.40. The molecule has 2 fully saturated rings. The summed E-state index contributed by atoms with van der Waals surface area (Å²) in [6.45, 7) is 5.01. The SMILES string of the molecule is CC1CN(C(=O)N2CCC(CC(=O)O)C2)CC1N(C)C. The maximum atomic E-state index is 12.5. The number of carbonyl (C=O) groups is 2. The van der Waals surface area contributed by atoms with Crippen molar-refractivity contribution in [1.82, 2.24) is 14.7 Å². The minimum absolute atomic E-state index is 0.0779. The van der Waals surface area contributed by atoms with Gasteiger partial charge in [0.05, 0.1) is 0 Å². The van der Waals surface area contributed by atoms with Crippen LogP contribution in [0.4, 0.5) is 4.79 Å². The van der Waals surface area contributed by atoms with Gasteiger partial charge in [0.2, 0.25) is 0 Å². The smallest absolute Gasteiger partial charge is 0.320 e. The Bertz CT molecular complexity index is 386. The molecule has 6 nitrogen and oxygen atoms in total. The number of rotatable bonds is 3. The van der Waals surface area contributed by atoms with E-state index < -0.39 is 5.97 Å². The van der Waals surface area contributed by atoms with Crippen LogP contribution in [0.2, 0.25) is 0 Å². The van der Waals surface area contributed by atoms with E-state index in [4.69, 9.17) is 5.11 Å². The van der Waals surface area contributed by atoms with Gasteiger partial charge in [0.25, 0.3) is 0 Å². The van der Waals surface area contributed by atoms with E-state index in [-0.39, 0.29) is 18.4 Å². The standard InChI is InChI=1S/C14H25N3O3/c1-10-7-17(9-12(10)15(2)3)14(20)16-5-4-11(8-16)6-13(18)19/h10-12H,4-9H2,1-3H3,(H,18,19). The molecule has 6 heteroatoms. The Morgan fingerprint density at radius 3 is 2.45 bits per heavy atom. The minimum atomic E-state index is -0.772. The number of urea groups is 1. The summed E-state index contributed by atoms with van der Waals surface area (Å²) in [4.78, 5) is 29.1. The van der Waals surface area contributed by atoms with Crippen molar-refractivity contribution in [3.05, 3.63) is 0 Å². The second kappa shape index (κ2) is 5.99. The number of carbonyl (C=O) groups excluding carboxylic acids is 1. The predicted octanol–water partition coefficient (Wildman–Crippen LogP) is 0.785. The van der Waals surface area contributed by atoms with Crippen molar-refractivity contribution in [2.45, 2.75) is 25.8 Å². The molecule has 2 aliphatic heterocycles. The van der Waals surface area contributed by atoms with Crippen LogP contribution in [0.15, 0.2) is 0 Å². The molecule has 3 unspecified atom stereocenters. The Balaban J connectivity index is 1.88. The van der Waals surface area contributed by atoms with Gasteiger partial charge < -0.3 is 19.8 Å². The van der Waals surface area contributed by atoms with Crippen LogP contribution in [0.5, 0.6) is 0 Å². The van der Waals surface area contributed by atoms with Crippen LogP contribution in [0.3, 0.4) is 0 Å². The zero-order chi connectivity index (χ0) is 14.9. The summed E-state index contributed by atoms with van der Waals surface area (Å²) in [6, 6.07) is 0.491. The van der Waals surface area contributed by atoms with Crippen molar-refractivity contribution in [3.63, 3.8) is 0 Å². The molecule has 0 radical (unpaired) electrons. The van der Waals surface area contributed by atoms with E-state index in [0.29, 0.717) is 25.0 Å². The Morgan fingerprint density at radius 1 is 1.20 bits per heavy atom. The average molecular weight is 283 g/mol. The molecule has 0 bridgehead atoms. The fraction of sp³-hybridized carbons (Fsp3) is 0.857. The number of hydrogen-bond donors (Lipinski definition) is 1. The topological polar surface area (TPSA) is 64.1 Å². The van der Waals surface area contributed by atoms with Crippen molar-refractivity contribution in [2.75, 3.05) is 40.3 Å². The van der Waals surface area contributed by atoms with E-state index in [2.05, 4.69) is 11.8 Å². The summed E-state index contributed by atoms with van der Waals surface area (Å²) in [5.74, 6) is -0.181. The van der Waals surface area contributed by atoms with Gasteiger partial charge in [-0.2, -0.15) is 0 Å². The second-order valence-corrected chi connectivity index (χ2v) is 6.39. The van der Waals surface area contributed by atoms with E-state index >= 15 is 0 Å². The van der Waals surface area contributed by atoms with Crippen molar-refractivity contribution < 1.29 is 14.7 Å². The number of carboxylic acid groups (broad SMARTS) is 1. The van der Waals surface area contributed by atoms with E-state index in [0.717, 1.165) is 19.5 Å². The Kier molecular flexibility index (Phi) is 4.52. The molecule has 20 heavy (non-hydrogen) atoms. The number of hydrogen-bond acceptors (Lipinski definition) is 3. The molecular formula is C14H25N3O3. The number of nitrogens with zero attached hydrogens (tertiary/aromatic N) is 3. The molecule has 0 saturated carbocycles. The lowest BCUT2D eigenvalue weighted by Crippen LogP contribution is -2.42. The maximum Gasteiger partial charge on any atom is 0.320 e. The zero-order valence-corrected chi connectivity index (χ0v) is 12.6. The maximum absolute atomic E-state index is 12.5. The zero-order valence-electron chi connectivity index (χ0n) is 12.6. The number of aliphatic carboxylic acids is 1. The molecule has 0 aliphatic carbocycles. The highest BCUT2D eigenvalue weighted by atomic mass is 16.4. The minimum Gasteiger partial charge on any atom is -0.481 e. The molecular weight excluding hydrogens is 258 g/mol. The van der Waals surface area contributed by atoms with Crippen molar-refractivity contribution in [2.24, 2.45) is 11.8 Å². The Morgan fingerprint density at radius 2 is 1.90 bits per heavy atom. The summed E-state index contributed by atoms with van der Waals surface area (Å²) >= 11 is 0. The summed E-state index contributed by atoms with van der Waals surface area (Å²) in [7, 11) is 4.10. The molecule has 2 amide bonds. The van der Waals surface area contributed by atoms with Gasteiger partial charge in [-0.05, 0) is 32.4 Å². The van der Waals surface area contributed by atoms with Crippen LogP contribution in [0.1, 0.15) is 19.8 Å². The van der Waals surface area contributed by atoms with Gasteiger partial charge in [0, 0.05) is 38.6 Å². The summed E-state index contributed by atoms with van der Waals surface area (Å²) in [5.41, 5.74) is 0. The highest BCUT2D eigenvalue weighted by Crippen LogP contribution is 2.25. The third-order valence-corrected chi connectivity index (χ3v) is 4.53. The van der Waals surface area contributed by atoms with Crippen LogP contribution >= 0.6 is 0 Å². The fourth-order valence-electron chi connectivity index (χ4n) is 3.40. The van der Waals surface area contributed by atoms with E-state index in [9.17, 15) is 9.59 Å². The number of likely N-dealkylation sites (tertiary alicyclic amines) is 2. The largest absolute Gasteiger partial charge is 0.481 e. The quantitative estimate of drug-likeness (QED) is 0.831. The number of amides is 2. The number of carboxylic acids is 1. The van der Waals surface area contributed by atoms with Crippen LogP contribution in [-0.2, 0) is 4.79 Å². The van der Waals surface area contributed by atoms with Crippen molar-refractivity contribution in [1.29, 1.82) is 0 Å². The van der Waals surface area contributed by atoms with Gasteiger partial charge in [-0.15, -0.1) is 0 Å². The van der Waals surface area contributed by atoms with Crippen LogP contribution in [0, 0.1) is 11.8 Å². The molecule has 114 valence electrons. The van der Waals surface area contributed by atoms with Crippen LogP contribution in [0.25, 0.3) is 0 Å². The summed E-state index contributed by atoms with van der Waals surface area (Å²) in [5, 5.41) is 8.82. The monoisotopic (exact) mass is 283 g/mol. The van der Waals surface area contributed by atoms with Gasteiger partial charge in [0.15, 0.2) is 0 Å². The first-order valence-electron chi connectivity index (χ1n) is 7.30. The normalized spacial score (nSPS) is 30.3. The third-order valence-electron chi connectivity index (χ3n) is 4.53. The van der Waals surface area contributed by atoms with Gasteiger partial charge in [0.1, 0.15) is 0 Å². The molecule has 2 aliphatic rings. The molecule has 1 N–H and O–H groups in total. The molecule has 2 rings (SSSR count). The first-order valence-corrected chi connectivity index (χ1v) is 7.30. The first kappa shape index (κ1) is 15.1. The van der Waals surface area contributed by atoms with Gasteiger partial charge >= 0.3 is 12.0 Å². The van der Waals surface area contributed by atoms with Gasteiger partial charge in [-0.25, -0.2) is 4.79 Å². The van der Waals surface area contributed by atoms with E-state index in [1.807, 2.05) is 23.9 Å². The summed E-state index contributed by atoms with van der Waals surface area (Å²) < 4.78 is 0. The highest BCUT2D eigenvalue weighted by molar-refractivity contribution is 5.75. The third kappa shape index (κ3) is 3.23. The van der Waals surface area contributed by atoms with E-state index in [1.54, 1.807) is 0 Å². The lowest BCUT2D eigenvalue weighted by atomic mass is 10.1. The molecule has 2 heterocycles. The molecule has 0 spiro atoms. The molecule has 0 aromatic rings. The molecule has 0 aromatic carbocycles.